The summed E-state index contributed by atoms with van der Waals surface area (Å²) in [6, 6.07) is 7.05. The Morgan fingerprint density at radius 2 is 1.96 bits per heavy atom. The lowest BCUT2D eigenvalue weighted by atomic mass is 10.1. The number of rotatable bonds is 2. The summed E-state index contributed by atoms with van der Waals surface area (Å²) in [5.41, 5.74) is 15.8. The Balaban J connectivity index is 2.30. The van der Waals surface area contributed by atoms with Crippen LogP contribution >= 0.6 is 0 Å². The van der Waals surface area contributed by atoms with Crippen LogP contribution < -0.4 is 11.5 Å². The van der Waals surface area contributed by atoms with Gasteiger partial charge >= 0.3 is 0 Å². The summed E-state index contributed by atoms with van der Waals surface area (Å²) in [5, 5.41) is 11.6. The van der Waals surface area contributed by atoms with Crippen molar-refractivity contribution in [1.82, 2.24) is 14.5 Å². The number of benzene rings is 2. The van der Waals surface area contributed by atoms with Gasteiger partial charge in [0, 0.05) is 22.5 Å². The summed E-state index contributed by atoms with van der Waals surface area (Å²) < 4.78 is 1.75. The van der Waals surface area contributed by atoms with Gasteiger partial charge in [-0.1, -0.05) is 18.2 Å². The molecule has 0 fully saturated rings. The first-order valence-electron chi connectivity index (χ1n) is 8.03. The number of carbonyl (C=O) groups excluding carboxylic acids is 1. The highest BCUT2D eigenvalue weighted by atomic mass is 16.3. The van der Waals surface area contributed by atoms with Gasteiger partial charge in [0.2, 0.25) is 0 Å². The minimum atomic E-state index is -0.616. The molecule has 0 spiro atoms. The van der Waals surface area contributed by atoms with Crippen molar-refractivity contribution in [2.75, 3.05) is 5.73 Å². The Morgan fingerprint density at radius 1 is 1.19 bits per heavy atom. The van der Waals surface area contributed by atoms with Gasteiger partial charge in [-0.2, -0.15) is 0 Å². The van der Waals surface area contributed by atoms with Crippen LogP contribution in [0.2, 0.25) is 0 Å². The van der Waals surface area contributed by atoms with Crippen LogP contribution in [-0.2, 0) is 0 Å². The van der Waals surface area contributed by atoms with Crippen LogP contribution in [0, 0.1) is 13.8 Å². The Morgan fingerprint density at radius 3 is 2.69 bits per heavy atom. The molecular weight excluding hydrogens is 330 g/mol. The van der Waals surface area contributed by atoms with Gasteiger partial charge in [0.25, 0.3) is 5.91 Å². The summed E-state index contributed by atoms with van der Waals surface area (Å²) in [5.74, 6) is -0.257. The number of amides is 1. The Kier molecular flexibility index (Phi) is 3.33. The number of hydrogen-bond acceptors (Lipinski definition) is 5. The van der Waals surface area contributed by atoms with Crippen LogP contribution in [0.1, 0.15) is 21.5 Å². The standard InChI is InChI=1S/C19H17N5O2/c1-9-3-6-13(25)10(2)16(9)24-17-12(14(18(24)20)19(21)26)5-4-11-7-22-8-23-15(11)17/h3-8,25H,20H2,1-2H3,(H2,21,26). The fourth-order valence-electron chi connectivity index (χ4n) is 3.50. The van der Waals surface area contributed by atoms with Gasteiger partial charge in [0.05, 0.1) is 22.3 Å². The molecule has 0 saturated carbocycles. The molecule has 5 N–H and O–H groups in total. The normalized spacial score (nSPS) is 11.3. The van der Waals surface area contributed by atoms with Crippen molar-refractivity contribution in [2.45, 2.75) is 13.8 Å². The number of nitrogens with zero attached hydrogens (tertiary/aromatic N) is 3. The highest BCUT2D eigenvalue weighted by Crippen LogP contribution is 2.38. The predicted octanol–water partition coefficient (Wildman–Crippen LogP) is 2.58. The first-order valence-corrected chi connectivity index (χ1v) is 8.03. The maximum Gasteiger partial charge on any atom is 0.253 e. The number of aromatic hydroxyl groups is 1. The summed E-state index contributed by atoms with van der Waals surface area (Å²) in [7, 11) is 0. The zero-order valence-corrected chi connectivity index (χ0v) is 14.3. The average Bonchev–Trinajstić information content (AvgIpc) is 2.91. The quantitative estimate of drug-likeness (QED) is 0.515. The molecule has 0 unspecified atom stereocenters. The van der Waals surface area contributed by atoms with Gasteiger partial charge in [-0.25, -0.2) is 9.97 Å². The van der Waals surface area contributed by atoms with Crippen LogP contribution in [0.3, 0.4) is 0 Å². The van der Waals surface area contributed by atoms with E-state index in [0.717, 1.165) is 10.9 Å². The largest absolute Gasteiger partial charge is 0.508 e. The first kappa shape index (κ1) is 15.9. The topological polar surface area (TPSA) is 120 Å². The number of phenolic OH excluding ortho intramolecular Hbond substituents is 1. The summed E-state index contributed by atoms with van der Waals surface area (Å²) in [4.78, 5) is 20.5. The molecular formula is C19H17N5O2. The molecule has 2 aromatic carbocycles. The second-order valence-electron chi connectivity index (χ2n) is 6.26. The Labute approximate surface area is 148 Å². The second kappa shape index (κ2) is 5.45. The lowest BCUT2D eigenvalue weighted by Gasteiger charge is -2.16. The fraction of sp³-hybridized carbons (Fsp3) is 0.105. The van der Waals surface area contributed by atoms with E-state index in [1.165, 1.54) is 6.33 Å². The van der Waals surface area contributed by atoms with E-state index in [4.69, 9.17) is 11.5 Å². The van der Waals surface area contributed by atoms with Gasteiger partial charge in [-0.3, -0.25) is 9.36 Å². The molecule has 2 aromatic heterocycles. The monoisotopic (exact) mass is 347 g/mol. The Bertz CT molecular complexity index is 1210. The van der Waals surface area contributed by atoms with Gasteiger partial charge < -0.3 is 16.6 Å². The van der Waals surface area contributed by atoms with Gasteiger partial charge in [0.15, 0.2) is 0 Å². The van der Waals surface area contributed by atoms with Crippen molar-refractivity contribution in [2.24, 2.45) is 5.73 Å². The van der Waals surface area contributed by atoms with Crippen molar-refractivity contribution in [3.8, 4) is 11.4 Å². The zero-order valence-electron chi connectivity index (χ0n) is 14.3. The number of fused-ring (bicyclic) bond motifs is 3. The van der Waals surface area contributed by atoms with E-state index in [9.17, 15) is 9.90 Å². The minimum absolute atomic E-state index is 0.141. The van der Waals surface area contributed by atoms with Gasteiger partial charge in [0.1, 0.15) is 17.9 Å². The number of carbonyl (C=O) groups is 1. The summed E-state index contributed by atoms with van der Waals surface area (Å²) in [6.45, 7) is 3.71. The molecule has 2 heterocycles. The number of nitrogens with two attached hydrogens (primary N) is 2. The Hall–Kier alpha value is -3.61. The number of nitrogen functional groups attached to an aromatic ring is 1. The van der Waals surface area contributed by atoms with Crippen molar-refractivity contribution in [1.29, 1.82) is 0 Å². The summed E-state index contributed by atoms with van der Waals surface area (Å²) >= 11 is 0. The van der Waals surface area contributed by atoms with Crippen molar-refractivity contribution >= 4 is 33.5 Å². The lowest BCUT2D eigenvalue weighted by Crippen LogP contribution is -2.14. The number of primary amides is 1. The van der Waals surface area contributed by atoms with Crippen molar-refractivity contribution < 1.29 is 9.90 Å². The van der Waals surface area contributed by atoms with Crippen LogP contribution in [0.25, 0.3) is 27.5 Å². The third-order valence-corrected chi connectivity index (χ3v) is 4.71. The van der Waals surface area contributed by atoms with E-state index < -0.39 is 5.91 Å². The molecule has 0 bridgehead atoms. The van der Waals surface area contributed by atoms with Crippen LogP contribution in [0.5, 0.6) is 5.75 Å². The van der Waals surface area contributed by atoms with E-state index in [1.54, 1.807) is 35.9 Å². The first-order chi connectivity index (χ1) is 12.4. The molecule has 1 amide bonds. The smallest absolute Gasteiger partial charge is 0.253 e. The van der Waals surface area contributed by atoms with Crippen LogP contribution in [-0.4, -0.2) is 25.5 Å². The summed E-state index contributed by atoms with van der Waals surface area (Å²) in [6.07, 6.45) is 3.14. The van der Waals surface area contributed by atoms with E-state index in [0.29, 0.717) is 27.7 Å². The van der Waals surface area contributed by atoms with Crippen LogP contribution in [0.4, 0.5) is 5.82 Å². The number of phenols is 1. The van der Waals surface area contributed by atoms with E-state index in [-0.39, 0.29) is 17.1 Å². The third-order valence-electron chi connectivity index (χ3n) is 4.71. The van der Waals surface area contributed by atoms with E-state index >= 15 is 0 Å². The molecule has 4 aromatic rings. The second-order valence-corrected chi connectivity index (χ2v) is 6.26. The number of hydrogen-bond donors (Lipinski definition) is 3. The highest BCUT2D eigenvalue weighted by Gasteiger charge is 2.24. The number of aryl methyl sites for hydroxylation is 1. The van der Waals surface area contributed by atoms with Crippen molar-refractivity contribution in [3.63, 3.8) is 0 Å². The maximum absolute atomic E-state index is 12.1. The SMILES string of the molecule is Cc1ccc(O)c(C)c1-n1c(N)c(C(N)=O)c2ccc3cncnc3c21. The molecule has 0 atom stereocenters. The molecule has 0 aliphatic rings. The van der Waals surface area contributed by atoms with E-state index in [1.807, 2.05) is 13.0 Å². The lowest BCUT2D eigenvalue weighted by molar-refractivity contribution is 0.100. The molecule has 26 heavy (non-hydrogen) atoms. The molecule has 0 aliphatic carbocycles. The number of aromatic nitrogens is 3. The molecule has 130 valence electrons. The van der Waals surface area contributed by atoms with Crippen LogP contribution in [0.15, 0.2) is 36.8 Å². The molecule has 7 heteroatoms. The molecule has 7 nitrogen and oxygen atoms in total. The predicted molar refractivity (Wildman–Crippen MR) is 100 cm³/mol. The third kappa shape index (κ3) is 2.03. The number of anilines is 1. The van der Waals surface area contributed by atoms with Crippen molar-refractivity contribution in [3.05, 3.63) is 53.5 Å². The molecule has 0 saturated heterocycles. The highest BCUT2D eigenvalue weighted by molar-refractivity contribution is 6.17. The fourth-order valence-corrected chi connectivity index (χ4v) is 3.50. The minimum Gasteiger partial charge on any atom is -0.508 e. The maximum atomic E-state index is 12.1. The molecule has 4 rings (SSSR count). The molecule has 0 aliphatic heterocycles. The van der Waals surface area contributed by atoms with Gasteiger partial charge in [-0.15, -0.1) is 0 Å². The average molecular weight is 347 g/mol. The zero-order chi connectivity index (χ0) is 18.6. The molecule has 0 radical (unpaired) electrons. The van der Waals surface area contributed by atoms with E-state index in [2.05, 4.69) is 9.97 Å². The van der Waals surface area contributed by atoms with Gasteiger partial charge in [-0.05, 0) is 25.5 Å².